The molecular weight excluding hydrogens is 264 g/mol. The van der Waals surface area contributed by atoms with Gasteiger partial charge in [-0.15, -0.1) is 0 Å². The van der Waals surface area contributed by atoms with Gasteiger partial charge in [0.05, 0.1) is 12.1 Å². The quantitative estimate of drug-likeness (QED) is 0.918. The van der Waals surface area contributed by atoms with Gasteiger partial charge in [0.15, 0.2) is 0 Å². The van der Waals surface area contributed by atoms with Crippen LogP contribution in [0.1, 0.15) is 39.0 Å². The van der Waals surface area contributed by atoms with Crippen molar-refractivity contribution < 1.29 is 9.21 Å². The van der Waals surface area contributed by atoms with Crippen LogP contribution in [0.15, 0.2) is 34.7 Å². The van der Waals surface area contributed by atoms with E-state index in [-0.39, 0.29) is 17.9 Å². The minimum absolute atomic E-state index is 0.0442. The molecule has 4 heteroatoms. The molecule has 1 heterocycles. The lowest BCUT2D eigenvalue weighted by Gasteiger charge is -2.28. The fourth-order valence-electron chi connectivity index (χ4n) is 2.32. The molecule has 4 nitrogen and oxygen atoms in total. The molecule has 2 unspecified atom stereocenters. The van der Waals surface area contributed by atoms with Crippen molar-refractivity contribution in [2.24, 2.45) is 11.7 Å². The third kappa shape index (κ3) is 3.10. The predicted molar refractivity (Wildman–Crippen MR) is 84.8 cm³/mol. The molecule has 2 rings (SSSR count). The lowest BCUT2D eigenvalue weighted by Crippen LogP contribution is -2.46. The van der Waals surface area contributed by atoms with Crippen molar-refractivity contribution in [3.05, 3.63) is 36.1 Å². The highest BCUT2D eigenvalue weighted by atomic mass is 16.3. The van der Waals surface area contributed by atoms with E-state index < -0.39 is 6.04 Å². The van der Waals surface area contributed by atoms with Gasteiger partial charge in [-0.05, 0) is 25.0 Å². The van der Waals surface area contributed by atoms with Gasteiger partial charge in [-0.3, -0.25) is 4.79 Å². The Labute approximate surface area is 125 Å². The molecular formula is C17H24N2O2. The molecule has 0 fully saturated rings. The Balaban J connectivity index is 2.18. The Kier molecular flexibility index (Phi) is 4.68. The number of carbonyl (C=O) groups excluding carboxylic acids is 1. The third-order valence-corrected chi connectivity index (χ3v) is 4.33. The van der Waals surface area contributed by atoms with Crippen molar-refractivity contribution in [1.29, 1.82) is 0 Å². The van der Waals surface area contributed by atoms with Gasteiger partial charge >= 0.3 is 0 Å². The molecule has 0 bridgehead atoms. The number of rotatable bonds is 5. The number of amides is 1. The normalized spacial score (nSPS) is 15.7. The maximum atomic E-state index is 12.4. The van der Waals surface area contributed by atoms with Crippen LogP contribution in [-0.4, -0.2) is 23.9 Å². The van der Waals surface area contributed by atoms with Gasteiger partial charge in [0.2, 0.25) is 5.91 Å². The Morgan fingerprint density at radius 1 is 1.33 bits per heavy atom. The Morgan fingerprint density at radius 2 is 2.00 bits per heavy atom. The average Bonchev–Trinajstić information content (AvgIpc) is 2.95. The molecule has 1 aromatic carbocycles. The predicted octanol–water partition coefficient (Wildman–Crippen LogP) is 3.33. The van der Waals surface area contributed by atoms with Crippen molar-refractivity contribution >= 4 is 16.9 Å². The highest BCUT2D eigenvalue weighted by Crippen LogP contribution is 2.27. The summed E-state index contributed by atoms with van der Waals surface area (Å²) in [6.45, 7) is 6.00. The van der Waals surface area contributed by atoms with Crippen molar-refractivity contribution in [3.63, 3.8) is 0 Å². The van der Waals surface area contributed by atoms with E-state index in [4.69, 9.17) is 10.2 Å². The van der Waals surface area contributed by atoms with Crippen molar-refractivity contribution in [2.75, 3.05) is 7.05 Å². The number of para-hydroxylation sites is 1. The highest BCUT2D eigenvalue weighted by molar-refractivity contribution is 5.82. The van der Waals surface area contributed by atoms with E-state index in [2.05, 4.69) is 0 Å². The second-order valence-corrected chi connectivity index (χ2v) is 5.72. The van der Waals surface area contributed by atoms with Crippen molar-refractivity contribution in [2.45, 2.75) is 39.3 Å². The van der Waals surface area contributed by atoms with Crippen molar-refractivity contribution in [1.82, 2.24) is 4.90 Å². The summed E-state index contributed by atoms with van der Waals surface area (Å²) < 4.78 is 5.83. The molecule has 1 aromatic heterocycles. The smallest absolute Gasteiger partial charge is 0.240 e. The molecule has 114 valence electrons. The zero-order valence-electron chi connectivity index (χ0n) is 13.2. The fourth-order valence-corrected chi connectivity index (χ4v) is 2.32. The van der Waals surface area contributed by atoms with E-state index in [0.29, 0.717) is 0 Å². The maximum absolute atomic E-state index is 12.4. The average molecular weight is 288 g/mol. The lowest BCUT2D eigenvalue weighted by molar-refractivity contribution is -0.134. The number of benzene rings is 1. The van der Waals surface area contributed by atoms with Crippen LogP contribution in [-0.2, 0) is 4.79 Å². The second kappa shape index (κ2) is 6.31. The lowest BCUT2D eigenvalue weighted by atomic mass is 9.98. The number of nitrogens with two attached hydrogens (primary N) is 1. The van der Waals surface area contributed by atoms with Gasteiger partial charge < -0.3 is 15.1 Å². The van der Waals surface area contributed by atoms with Crippen molar-refractivity contribution in [3.8, 4) is 0 Å². The van der Waals surface area contributed by atoms with Gasteiger partial charge in [-0.25, -0.2) is 0 Å². The molecule has 0 spiro atoms. The van der Waals surface area contributed by atoms with Crippen LogP contribution in [0.3, 0.4) is 0 Å². The molecule has 2 N–H and O–H groups in total. The number of furan rings is 1. The van der Waals surface area contributed by atoms with E-state index in [1.807, 2.05) is 51.1 Å². The molecule has 0 saturated heterocycles. The second-order valence-electron chi connectivity index (χ2n) is 5.72. The summed E-state index contributed by atoms with van der Waals surface area (Å²) in [6.07, 6.45) is 0.889. The molecule has 0 aliphatic carbocycles. The van der Waals surface area contributed by atoms with Crippen LogP contribution in [0.2, 0.25) is 0 Å². The van der Waals surface area contributed by atoms with Crippen LogP contribution in [0, 0.1) is 5.92 Å². The number of hydrogen-bond acceptors (Lipinski definition) is 3. The largest absolute Gasteiger partial charge is 0.459 e. The Morgan fingerprint density at radius 3 is 2.62 bits per heavy atom. The fraction of sp³-hybridized carbons (Fsp3) is 0.471. The van der Waals surface area contributed by atoms with Gasteiger partial charge in [0.25, 0.3) is 0 Å². The van der Waals surface area contributed by atoms with E-state index in [1.54, 1.807) is 11.9 Å². The van der Waals surface area contributed by atoms with Gasteiger partial charge in [0, 0.05) is 12.4 Å². The van der Waals surface area contributed by atoms with Crippen LogP contribution < -0.4 is 5.73 Å². The number of nitrogens with zero attached hydrogens (tertiary/aromatic N) is 1. The van der Waals surface area contributed by atoms with E-state index in [1.165, 1.54) is 0 Å². The third-order valence-electron chi connectivity index (χ3n) is 4.33. The summed E-state index contributed by atoms with van der Waals surface area (Å²) >= 11 is 0. The van der Waals surface area contributed by atoms with E-state index in [0.717, 1.165) is 23.2 Å². The number of hydrogen-bond donors (Lipinski definition) is 1. The highest BCUT2D eigenvalue weighted by Gasteiger charge is 2.27. The van der Waals surface area contributed by atoms with E-state index >= 15 is 0 Å². The zero-order chi connectivity index (χ0) is 15.6. The first-order valence-corrected chi connectivity index (χ1v) is 7.46. The number of carbonyl (C=O) groups is 1. The zero-order valence-corrected chi connectivity index (χ0v) is 13.2. The van der Waals surface area contributed by atoms with E-state index in [9.17, 15) is 4.79 Å². The molecule has 3 atom stereocenters. The maximum Gasteiger partial charge on any atom is 0.240 e. The summed E-state index contributed by atoms with van der Waals surface area (Å²) in [5, 5.41) is 1.05. The number of fused-ring (bicyclic) bond motifs is 1. The van der Waals surface area contributed by atoms with Crippen LogP contribution >= 0.6 is 0 Å². The Hall–Kier alpha value is -1.81. The molecule has 0 saturated carbocycles. The molecule has 0 radical (unpaired) electrons. The summed E-state index contributed by atoms with van der Waals surface area (Å²) in [6, 6.07) is 9.22. The SMILES string of the molecule is CCC(C)[C@H](N)C(=O)N(C)C(C)c1cc2ccccc2o1. The standard InChI is InChI=1S/C17H24N2O2/c1-5-11(2)16(18)17(20)19(4)12(3)15-10-13-8-6-7-9-14(13)21-15/h6-12,16H,5,18H2,1-4H3/t11?,12?,16-/m0/s1. The minimum Gasteiger partial charge on any atom is -0.459 e. The van der Waals surface area contributed by atoms with Gasteiger partial charge in [-0.1, -0.05) is 38.5 Å². The molecule has 2 aromatic rings. The minimum atomic E-state index is -0.466. The summed E-state index contributed by atoms with van der Waals surface area (Å²) in [5.41, 5.74) is 6.88. The summed E-state index contributed by atoms with van der Waals surface area (Å²) in [4.78, 5) is 14.1. The topological polar surface area (TPSA) is 59.5 Å². The molecule has 0 aliphatic rings. The first-order chi connectivity index (χ1) is 9.95. The van der Waals surface area contributed by atoms with Crippen LogP contribution in [0.4, 0.5) is 0 Å². The van der Waals surface area contributed by atoms with Gasteiger partial charge in [-0.2, -0.15) is 0 Å². The summed E-state index contributed by atoms with van der Waals surface area (Å²) in [7, 11) is 1.78. The van der Waals surface area contributed by atoms with Crippen LogP contribution in [0.25, 0.3) is 11.0 Å². The molecule has 0 aliphatic heterocycles. The first kappa shape index (κ1) is 15.6. The first-order valence-electron chi connectivity index (χ1n) is 7.46. The van der Waals surface area contributed by atoms with Gasteiger partial charge in [0.1, 0.15) is 11.3 Å². The molecule has 1 amide bonds. The van der Waals surface area contributed by atoms with Crippen LogP contribution in [0.5, 0.6) is 0 Å². The number of likely N-dealkylation sites (N-methyl/N-ethyl adjacent to an activating group) is 1. The molecule has 21 heavy (non-hydrogen) atoms. The summed E-state index contributed by atoms with van der Waals surface area (Å²) in [5.74, 6) is 0.906. The Bertz CT molecular complexity index is 587. The monoisotopic (exact) mass is 288 g/mol.